The summed E-state index contributed by atoms with van der Waals surface area (Å²) in [6, 6.07) is 1.87. The topological polar surface area (TPSA) is 47.8 Å². The second-order valence-electron chi connectivity index (χ2n) is 6.34. The van der Waals surface area contributed by atoms with Crippen molar-refractivity contribution in [3.63, 3.8) is 0 Å². The molecular formula is C19H16F5N3O. The van der Waals surface area contributed by atoms with Crippen LogP contribution < -0.4 is 5.56 Å². The second kappa shape index (κ2) is 8.04. The van der Waals surface area contributed by atoms with Crippen molar-refractivity contribution in [3.05, 3.63) is 58.3 Å². The monoisotopic (exact) mass is 397 g/mol. The molecule has 28 heavy (non-hydrogen) atoms. The van der Waals surface area contributed by atoms with Gasteiger partial charge in [0.2, 0.25) is 0 Å². The van der Waals surface area contributed by atoms with Gasteiger partial charge >= 0.3 is 0 Å². The maximum Gasteiger partial charge on any atom is 0.266 e. The van der Waals surface area contributed by atoms with Gasteiger partial charge < -0.3 is 4.57 Å². The molecule has 0 saturated carbocycles. The fraction of sp³-hybridized carbons (Fsp3) is 0.316. The average Bonchev–Trinajstić information content (AvgIpc) is 2.66. The van der Waals surface area contributed by atoms with E-state index in [0.29, 0.717) is 6.42 Å². The van der Waals surface area contributed by atoms with E-state index in [1.54, 1.807) is 6.92 Å². The van der Waals surface area contributed by atoms with E-state index in [9.17, 15) is 26.7 Å². The summed E-state index contributed by atoms with van der Waals surface area (Å²) < 4.78 is 68.9. The van der Waals surface area contributed by atoms with Gasteiger partial charge in [-0.2, -0.15) is 0 Å². The number of benzene rings is 1. The van der Waals surface area contributed by atoms with E-state index in [0.717, 1.165) is 35.3 Å². The Balaban J connectivity index is 2.08. The van der Waals surface area contributed by atoms with Crippen molar-refractivity contribution in [3.8, 4) is 11.4 Å². The largest absolute Gasteiger partial charge is 0.309 e. The maximum absolute atomic E-state index is 14.5. The minimum Gasteiger partial charge on any atom is -0.309 e. The van der Waals surface area contributed by atoms with Gasteiger partial charge in [-0.1, -0.05) is 13.3 Å². The molecule has 0 amide bonds. The predicted octanol–water partition coefficient (Wildman–Crippen LogP) is 4.81. The molecule has 0 radical (unpaired) electrons. The molecule has 0 aliphatic rings. The summed E-state index contributed by atoms with van der Waals surface area (Å²) in [5.74, 6) is -1.99. The summed E-state index contributed by atoms with van der Waals surface area (Å²) >= 11 is 0. The highest BCUT2D eigenvalue weighted by Crippen LogP contribution is 2.26. The lowest BCUT2D eigenvalue weighted by Crippen LogP contribution is -2.25. The molecule has 1 aromatic carbocycles. The highest BCUT2D eigenvalue weighted by molar-refractivity contribution is 5.86. The first kappa shape index (κ1) is 19.9. The Kier molecular flexibility index (Phi) is 5.71. The second-order valence-corrected chi connectivity index (χ2v) is 6.34. The third-order valence-electron chi connectivity index (χ3n) is 4.29. The maximum atomic E-state index is 14.5. The van der Waals surface area contributed by atoms with Crippen molar-refractivity contribution >= 4 is 10.8 Å². The van der Waals surface area contributed by atoms with Crippen LogP contribution >= 0.6 is 0 Å². The number of halogens is 5. The molecule has 3 rings (SSSR count). The van der Waals surface area contributed by atoms with Gasteiger partial charge in [-0.25, -0.2) is 31.9 Å². The van der Waals surface area contributed by atoms with E-state index >= 15 is 0 Å². The molecule has 0 aliphatic heterocycles. The first-order chi connectivity index (χ1) is 13.3. The van der Waals surface area contributed by atoms with Crippen LogP contribution in [0.4, 0.5) is 22.0 Å². The van der Waals surface area contributed by atoms with Gasteiger partial charge in [0.05, 0.1) is 23.1 Å². The molecule has 148 valence electrons. The minimum atomic E-state index is -2.78. The zero-order chi connectivity index (χ0) is 20.4. The van der Waals surface area contributed by atoms with Crippen LogP contribution in [0.2, 0.25) is 0 Å². The molecule has 2 heterocycles. The molecule has 0 aliphatic carbocycles. The van der Waals surface area contributed by atoms with E-state index in [1.165, 1.54) is 0 Å². The Morgan fingerprint density at radius 2 is 1.71 bits per heavy atom. The zero-order valence-corrected chi connectivity index (χ0v) is 14.8. The van der Waals surface area contributed by atoms with Crippen molar-refractivity contribution in [2.45, 2.75) is 38.9 Å². The molecule has 0 spiro atoms. The fourth-order valence-electron chi connectivity index (χ4n) is 2.88. The molecule has 0 N–H and O–H groups in total. The lowest BCUT2D eigenvalue weighted by molar-refractivity contribution is 0.150. The molecule has 9 heteroatoms. The Labute approximate surface area is 156 Å². The SMILES string of the molecule is CCCC(F)Cn1cc(F)c2cc(-c3ncc(C(F)F)cn3)c(F)cc2c1=O. The summed E-state index contributed by atoms with van der Waals surface area (Å²) in [5, 5.41) is -0.445. The lowest BCUT2D eigenvalue weighted by atomic mass is 10.1. The number of hydrogen-bond acceptors (Lipinski definition) is 3. The molecule has 1 atom stereocenters. The molecule has 0 saturated heterocycles. The van der Waals surface area contributed by atoms with Crippen molar-refractivity contribution < 1.29 is 22.0 Å². The first-order valence-electron chi connectivity index (χ1n) is 8.58. The van der Waals surface area contributed by atoms with Gasteiger partial charge in [0.25, 0.3) is 12.0 Å². The third kappa shape index (κ3) is 3.88. The Hall–Kier alpha value is -2.84. The summed E-state index contributed by atoms with van der Waals surface area (Å²) in [6.07, 6.45) is -0.765. The quantitative estimate of drug-likeness (QED) is 0.561. The number of hydrogen-bond donors (Lipinski definition) is 0. The molecule has 2 aromatic heterocycles. The molecule has 0 bridgehead atoms. The summed E-state index contributed by atoms with van der Waals surface area (Å²) in [5.41, 5.74) is -1.40. The molecule has 0 fully saturated rings. The Bertz CT molecular complexity index is 1050. The van der Waals surface area contributed by atoms with Crippen LogP contribution in [0.3, 0.4) is 0 Å². The molecule has 1 unspecified atom stereocenters. The van der Waals surface area contributed by atoms with Gasteiger partial charge in [-0.05, 0) is 18.6 Å². The van der Waals surface area contributed by atoms with Crippen LogP contribution in [-0.4, -0.2) is 20.7 Å². The van der Waals surface area contributed by atoms with Gasteiger partial charge in [0, 0.05) is 24.0 Å². The number of rotatable bonds is 6. The van der Waals surface area contributed by atoms with Crippen LogP contribution in [0.25, 0.3) is 22.2 Å². The van der Waals surface area contributed by atoms with E-state index in [-0.39, 0.29) is 35.1 Å². The van der Waals surface area contributed by atoms with Gasteiger partial charge in [-0.3, -0.25) is 4.79 Å². The normalized spacial score (nSPS) is 12.7. The van der Waals surface area contributed by atoms with E-state index in [2.05, 4.69) is 9.97 Å². The van der Waals surface area contributed by atoms with Crippen molar-refractivity contribution in [1.29, 1.82) is 0 Å². The number of alkyl halides is 3. The van der Waals surface area contributed by atoms with E-state index in [4.69, 9.17) is 0 Å². The van der Waals surface area contributed by atoms with Gasteiger partial charge in [0.1, 0.15) is 17.8 Å². The number of pyridine rings is 1. The first-order valence-corrected chi connectivity index (χ1v) is 8.58. The Morgan fingerprint density at radius 3 is 2.32 bits per heavy atom. The van der Waals surface area contributed by atoms with E-state index in [1.807, 2.05) is 0 Å². The van der Waals surface area contributed by atoms with Crippen LogP contribution in [0.1, 0.15) is 31.8 Å². The summed E-state index contributed by atoms with van der Waals surface area (Å²) in [4.78, 5) is 19.9. The van der Waals surface area contributed by atoms with Gasteiger partial charge in [-0.15, -0.1) is 0 Å². The van der Waals surface area contributed by atoms with Crippen LogP contribution in [0, 0.1) is 11.6 Å². The standard InChI is InChI=1S/C19H16F5N3O/c1-2-3-11(20)8-27-9-16(22)12-4-14(15(21)5-13(12)19(27)28)18-25-6-10(7-26-18)17(23)24/h4-7,9,11,17H,2-3,8H2,1H3. The van der Waals surface area contributed by atoms with Crippen molar-refractivity contribution in [2.24, 2.45) is 0 Å². The number of fused-ring (bicyclic) bond motifs is 1. The zero-order valence-electron chi connectivity index (χ0n) is 14.8. The average molecular weight is 397 g/mol. The minimum absolute atomic E-state index is 0.190. The van der Waals surface area contributed by atoms with Gasteiger partial charge in [0.15, 0.2) is 5.82 Å². The molecular weight excluding hydrogens is 381 g/mol. The van der Waals surface area contributed by atoms with Crippen LogP contribution in [0.15, 0.2) is 35.5 Å². The van der Waals surface area contributed by atoms with E-state index < -0.39 is 35.4 Å². The van der Waals surface area contributed by atoms with Crippen molar-refractivity contribution in [1.82, 2.24) is 14.5 Å². The third-order valence-corrected chi connectivity index (χ3v) is 4.29. The summed E-state index contributed by atoms with van der Waals surface area (Å²) in [6.45, 7) is 1.45. The van der Waals surface area contributed by atoms with Crippen molar-refractivity contribution in [2.75, 3.05) is 0 Å². The molecule has 4 nitrogen and oxygen atoms in total. The van der Waals surface area contributed by atoms with Crippen LogP contribution in [0.5, 0.6) is 0 Å². The number of aromatic nitrogens is 3. The van der Waals surface area contributed by atoms with Crippen LogP contribution in [-0.2, 0) is 6.54 Å². The number of nitrogens with zero attached hydrogens (tertiary/aromatic N) is 3. The predicted molar refractivity (Wildman–Crippen MR) is 93.9 cm³/mol. The fourth-order valence-corrected chi connectivity index (χ4v) is 2.88. The molecule has 3 aromatic rings. The summed E-state index contributed by atoms with van der Waals surface area (Å²) in [7, 11) is 0. The Morgan fingerprint density at radius 1 is 1.04 bits per heavy atom. The lowest BCUT2D eigenvalue weighted by Gasteiger charge is -2.12. The highest BCUT2D eigenvalue weighted by Gasteiger charge is 2.18. The highest BCUT2D eigenvalue weighted by atomic mass is 19.3. The smallest absolute Gasteiger partial charge is 0.266 e.